The minimum atomic E-state index is -4.97. The smallest absolute Gasteiger partial charge is 0.462 e. The lowest BCUT2D eigenvalue weighted by atomic mass is 10.0. The van der Waals surface area contributed by atoms with E-state index in [1.807, 2.05) is 0 Å². The van der Waals surface area contributed by atoms with Gasteiger partial charge < -0.3 is 33.8 Å². The zero-order valence-electron chi connectivity index (χ0n) is 65.7. The van der Waals surface area contributed by atoms with E-state index in [1.165, 1.54) is 199 Å². The van der Waals surface area contributed by atoms with Gasteiger partial charge >= 0.3 is 39.5 Å². The molecule has 0 aromatic rings. The first-order chi connectivity index (χ1) is 48.9. The lowest BCUT2D eigenvalue weighted by Crippen LogP contribution is -2.30. The molecule has 0 rings (SSSR count). The van der Waals surface area contributed by atoms with E-state index < -0.39 is 97.5 Å². The van der Waals surface area contributed by atoms with Crippen molar-refractivity contribution in [3.05, 3.63) is 24.3 Å². The molecule has 19 heteroatoms. The van der Waals surface area contributed by atoms with E-state index >= 15 is 0 Å². The SMILES string of the molecule is CCCCCC/C=C\C=C/CCCCCCCC(=O)OC[C@H](COP(=O)(O)OC[C@@H](O)COP(=O)(O)OC[C@@H](COC(=O)CCCCCCCCCC(C)C)OC(=O)CCCCCCCCCCCCCCC(C)C)OC(=O)CCCCCCCCCCCCCCCCCCCCCCC. The van der Waals surface area contributed by atoms with Crippen LogP contribution in [0, 0.1) is 11.8 Å². The molecule has 0 bridgehead atoms. The Morgan fingerprint density at radius 2 is 0.535 bits per heavy atom. The Morgan fingerprint density at radius 3 is 0.812 bits per heavy atom. The number of ether oxygens (including phenoxy) is 4. The number of hydrogen-bond acceptors (Lipinski definition) is 15. The second kappa shape index (κ2) is 73.1. The molecule has 0 aliphatic heterocycles. The van der Waals surface area contributed by atoms with Gasteiger partial charge in [0.2, 0.25) is 0 Å². The zero-order chi connectivity index (χ0) is 74.2. The molecule has 17 nitrogen and oxygen atoms in total. The van der Waals surface area contributed by atoms with Crippen molar-refractivity contribution >= 4 is 39.5 Å². The summed E-state index contributed by atoms with van der Waals surface area (Å²) < 4.78 is 68.7. The van der Waals surface area contributed by atoms with Crippen molar-refractivity contribution in [3.63, 3.8) is 0 Å². The Bertz CT molecular complexity index is 2040. The molecule has 0 radical (unpaired) electrons. The van der Waals surface area contributed by atoms with Crippen LogP contribution < -0.4 is 0 Å². The molecule has 0 spiro atoms. The van der Waals surface area contributed by atoms with Gasteiger partial charge in [0, 0.05) is 25.7 Å². The summed E-state index contributed by atoms with van der Waals surface area (Å²) in [4.78, 5) is 73.0. The number of esters is 4. The third-order valence-electron chi connectivity index (χ3n) is 18.6. The topological polar surface area (TPSA) is 237 Å². The summed E-state index contributed by atoms with van der Waals surface area (Å²) in [5.74, 6) is -0.662. The molecule has 0 aromatic heterocycles. The number of aliphatic hydroxyl groups is 1. The van der Waals surface area contributed by atoms with Crippen LogP contribution in [0.2, 0.25) is 0 Å². The van der Waals surface area contributed by atoms with Crippen LogP contribution >= 0.6 is 15.6 Å². The summed E-state index contributed by atoms with van der Waals surface area (Å²) in [6.07, 6.45) is 66.2. The Balaban J connectivity index is 5.25. The number of aliphatic hydroxyl groups excluding tert-OH is 1. The van der Waals surface area contributed by atoms with Gasteiger partial charge in [0.05, 0.1) is 26.4 Å². The maximum Gasteiger partial charge on any atom is 0.472 e. The van der Waals surface area contributed by atoms with E-state index in [9.17, 15) is 43.2 Å². The van der Waals surface area contributed by atoms with E-state index in [0.29, 0.717) is 31.6 Å². The van der Waals surface area contributed by atoms with Gasteiger partial charge in [-0.05, 0) is 63.2 Å². The maximum absolute atomic E-state index is 13.1. The van der Waals surface area contributed by atoms with Gasteiger partial charge in [-0.25, -0.2) is 9.13 Å². The maximum atomic E-state index is 13.1. The van der Waals surface area contributed by atoms with Crippen molar-refractivity contribution in [2.75, 3.05) is 39.6 Å². The van der Waals surface area contributed by atoms with Crippen LogP contribution in [0.1, 0.15) is 408 Å². The normalized spacial score (nSPS) is 14.0. The number of hydrogen-bond donors (Lipinski definition) is 3. The molecule has 0 fully saturated rings. The van der Waals surface area contributed by atoms with Crippen molar-refractivity contribution < 1.29 is 80.2 Å². The van der Waals surface area contributed by atoms with Gasteiger partial charge in [-0.3, -0.25) is 37.3 Å². The lowest BCUT2D eigenvalue weighted by molar-refractivity contribution is -0.161. The average Bonchev–Trinajstić information content (AvgIpc) is 0.948. The van der Waals surface area contributed by atoms with Crippen LogP contribution in [-0.2, 0) is 65.4 Å². The van der Waals surface area contributed by atoms with Gasteiger partial charge in [0.1, 0.15) is 19.3 Å². The van der Waals surface area contributed by atoms with Gasteiger partial charge in [-0.2, -0.15) is 0 Å². The van der Waals surface area contributed by atoms with Crippen LogP contribution in [0.25, 0.3) is 0 Å². The van der Waals surface area contributed by atoms with E-state index in [1.54, 1.807) is 0 Å². The zero-order valence-corrected chi connectivity index (χ0v) is 67.5. The number of allylic oxidation sites excluding steroid dienone is 4. The predicted molar refractivity (Wildman–Crippen MR) is 414 cm³/mol. The van der Waals surface area contributed by atoms with Gasteiger partial charge in [-0.15, -0.1) is 0 Å². The molecule has 101 heavy (non-hydrogen) atoms. The molecular formula is C82H156O17P2. The quantitative estimate of drug-likeness (QED) is 0.0169. The monoisotopic (exact) mass is 1480 g/mol. The largest absolute Gasteiger partial charge is 0.472 e. The van der Waals surface area contributed by atoms with Crippen LogP contribution in [0.15, 0.2) is 24.3 Å². The van der Waals surface area contributed by atoms with Gasteiger partial charge in [0.25, 0.3) is 0 Å². The fraction of sp³-hybridized carbons (Fsp3) is 0.902. The molecule has 0 aliphatic carbocycles. The molecule has 2 unspecified atom stereocenters. The van der Waals surface area contributed by atoms with Crippen molar-refractivity contribution in [2.24, 2.45) is 11.8 Å². The van der Waals surface area contributed by atoms with Crippen LogP contribution in [0.5, 0.6) is 0 Å². The third kappa shape index (κ3) is 75.6. The van der Waals surface area contributed by atoms with Gasteiger partial charge in [0.15, 0.2) is 12.2 Å². The number of carbonyl (C=O) groups is 4. The first kappa shape index (κ1) is 98.5. The molecule has 0 saturated heterocycles. The summed E-state index contributed by atoms with van der Waals surface area (Å²) >= 11 is 0. The highest BCUT2D eigenvalue weighted by Crippen LogP contribution is 2.45. The number of rotatable bonds is 79. The molecule has 0 aromatic carbocycles. The summed E-state index contributed by atoms with van der Waals surface area (Å²) in [5, 5.41) is 10.6. The highest BCUT2D eigenvalue weighted by Gasteiger charge is 2.30. The molecular weight excluding hydrogens is 1320 g/mol. The van der Waals surface area contributed by atoms with Crippen molar-refractivity contribution in [2.45, 2.75) is 426 Å². The third-order valence-corrected chi connectivity index (χ3v) is 20.5. The molecule has 0 aliphatic rings. The molecule has 0 saturated carbocycles. The van der Waals surface area contributed by atoms with E-state index in [0.717, 1.165) is 121 Å². The van der Waals surface area contributed by atoms with Crippen molar-refractivity contribution in [1.82, 2.24) is 0 Å². The van der Waals surface area contributed by atoms with Crippen molar-refractivity contribution in [3.8, 4) is 0 Å². The fourth-order valence-electron chi connectivity index (χ4n) is 12.2. The second-order valence-electron chi connectivity index (χ2n) is 29.8. The Labute approximate surface area is 618 Å². The Hall–Kier alpha value is -2.46. The second-order valence-corrected chi connectivity index (χ2v) is 32.7. The summed E-state index contributed by atoms with van der Waals surface area (Å²) in [7, 11) is -9.93. The van der Waals surface area contributed by atoms with E-state index in [4.69, 9.17) is 37.0 Å². The number of phosphoric acid groups is 2. The summed E-state index contributed by atoms with van der Waals surface area (Å²) in [6.45, 7) is 9.52. The average molecular weight is 1480 g/mol. The summed E-state index contributed by atoms with van der Waals surface area (Å²) in [6, 6.07) is 0. The standard InChI is InChI=1S/C82H156O17P2/c1-7-9-11-13-15-17-19-21-23-24-25-26-27-28-30-32-37-41-47-54-60-66-81(86)98-77(70-92-79(84)64-58-52-46-40-36-31-29-22-20-18-16-14-12-10-8-2)72-96-100(88,89)94-68-76(83)69-95-101(90,91)97-73-78(71-93-80(85)65-59-53-49-43-45-51-57-63-75(5)6)99-82(87)67-61-55-48-42-38-34-33-35-39-44-50-56-62-74(3)4/h18,20,22,29,74-78,83H,7-17,19,21,23-28,30-73H2,1-6H3,(H,88,89)(H,90,91)/b20-18-,29-22-/t76-,77-,78-/m1/s1. The van der Waals surface area contributed by atoms with E-state index in [-0.39, 0.29) is 25.7 Å². The van der Waals surface area contributed by atoms with Crippen molar-refractivity contribution in [1.29, 1.82) is 0 Å². The summed E-state index contributed by atoms with van der Waals surface area (Å²) in [5.41, 5.74) is 0. The van der Waals surface area contributed by atoms with Crippen LogP contribution in [-0.4, -0.2) is 96.7 Å². The highest BCUT2D eigenvalue weighted by atomic mass is 31.2. The van der Waals surface area contributed by atoms with Gasteiger partial charge in [-0.1, -0.05) is 355 Å². The molecule has 5 atom stereocenters. The Morgan fingerprint density at radius 1 is 0.307 bits per heavy atom. The minimum absolute atomic E-state index is 0.102. The molecule has 596 valence electrons. The van der Waals surface area contributed by atoms with Crippen LogP contribution in [0.3, 0.4) is 0 Å². The first-order valence-electron chi connectivity index (χ1n) is 41.8. The number of carbonyl (C=O) groups excluding carboxylic acids is 4. The number of phosphoric ester groups is 2. The Kier molecular flexibility index (Phi) is 71.3. The first-order valence-corrected chi connectivity index (χ1v) is 44.8. The molecule has 0 heterocycles. The van der Waals surface area contributed by atoms with Crippen LogP contribution in [0.4, 0.5) is 0 Å². The lowest BCUT2D eigenvalue weighted by Gasteiger charge is -2.21. The molecule has 0 amide bonds. The minimum Gasteiger partial charge on any atom is -0.462 e. The fourth-order valence-corrected chi connectivity index (χ4v) is 13.8. The van der Waals surface area contributed by atoms with E-state index in [2.05, 4.69) is 65.8 Å². The highest BCUT2D eigenvalue weighted by molar-refractivity contribution is 7.47. The predicted octanol–water partition coefficient (Wildman–Crippen LogP) is 24.2. The molecule has 3 N–H and O–H groups in total. The number of unbranched alkanes of at least 4 members (excludes halogenated alkanes) is 46.